The number of anilines is 1. The molecule has 10 nitrogen and oxygen atoms in total. The molecule has 0 radical (unpaired) electrons. The molecule has 2 saturated heterocycles. The molecule has 0 amide bonds. The Morgan fingerprint density at radius 2 is 1.81 bits per heavy atom. The van der Waals surface area contributed by atoms with Gasteiger partial charge in [0.05, 0.1) is 24.2 Å². The minimum atomic E-state index is -0.297. The van der Waals surface area contributed by atoms with Crippen LogP contribution in [0.5, 0.6) is 5.88 Å². The van der Waals surface area contributed by atoms with Crippen LogP contribution in [0.1, 0.15) is 24.4 Å². The van der Waals surface area contributed by atoms with Crippen molar-refractivity contribution in [3.63, 3.8) is 0 Å². The standard InChI is InChI=1S/C31H35FN8O2/c1-37-12-14-39(15-13-37)26-9-8-23-27-25(18-21(19-33-27)29-31(41-3)35-36-38(29)2)40(30(23)34-26)28(20-10-16-42-17-11-20)22-6-4-5-7-24(22)32/h4-9,18-20,28H,10-17H2,1-3H3/t28-/m0/s1. The van der Waals surface area contributed by atoms with Gasteiger partial charge in [0, 0.05) is 69.2 Å². The Balaban J connectivity index is 1.50. The van der Waals surface area contributed by atoms with Gasteiger partial charge in [0.1, 0.15) is 23.0 Å². The number of methoxy groups -OCH3 is 1. The molecule has 1 aromatic carbocycles. The van der Waals surface area contributed by atoms with E-state index in [1.807, 2.05) is 25.4 Å². The minimum absolute atomic E-state index is 0.153. The summed E-state index contributed by atoms with van der Waals surface area (Å²) in [7, 11) is 5.56. The molecular weight excluding hydrogens is 535 g/mol. The van der Waals surface area contributed by atoms with Gasteiger partial charge in [-0.2, -0.15) is 0 Å². The highest BCUT2D eigenvalue weighted by molar-refractivity contribution is 6.05. The smallest absolute Gasteiger partial charge is 0.261 e. The summed E-state index contributed by atoms with van der Waals surface area (Å²) < 4.78 is 30.9. The van der Waals surface area contributed by atoms with E-state index in [1.165, 1.54) is 0 Å². The van der Waals surface area contributed by atoms with Gasteiger partial charge in [0.25, 0.3) is 5.88 Å². The van der Waals surface area contributed by atoms with Crippen molar-refractivity contribution in [2.45, 2.75) is 18.9 Å². The first-order valence-electron chi connectivity index (χ1n) is 14.5. The Morgan fingerprint density at radius 3 is 2.57 bits per heavy atom. The molecule has 42 heavy (non-hydrogen) atoms. The highest BCUT2D eigenvalue weighted by atomic mass is 19.1. The lowest BCUT2D eigenvalue weighted by Crippen LogP contribution is -2.44. The fourth-order valence-electron chi connectivity index (χ4n) is 6.52. The molecule has 6 heterocycles. The predicted molar refractivity (Wildman–Crippen MR) is 159 cm³/mol. The fourth-order valence-corrected chi connectivity index (χ4v) is 6.52. The number of aryl methyl sites for hydroxylation is 1. The van der Waals surface area contributed by atoms with Crippen LogP contribution in [0.25, 0.3) is 33.3 Å². The number of hydrogen-bond donors (Lipinski definition) is 0. The van der Waals surface area contributed by atoms with Gasteiger partial charge >= 0.3 is 0 Å². The lowest BCUT2D eigenvalue weighted by molar-refractivity contribution is 0.0548. The second-order valence-electron chi connectivity index (χ2n) is 11.3. The number of pyridine rings is 2. The fraction of sp³-hybridized carbons (Fsp3) is 0.419. The van der Waals surface area contributed by atoms with Crippen LogP contribution in [0.15, 0.2) is 48.7 Å². The van der Waals surface area contributed by atoms with Gasteiger partial charge < -0.3 is 23.8 Å². The zero-order valence-electron chi connectivity index (χ0n) is 24.2. The van der Waals surface area contributed by atoms with Gasteiger partial charge in [0.15, 0.2) is 0 Å². The van der Waals surface area contributed by atoms with Gasteiger partial charge in [-0.25, -0.2) is 14.1 Å². The Kier molecular flexibility index (Phi) is 6.99. The monoisotopic (exact) mass is 570 g/mol. The van der Waals surface area contributed by atoms with Crippen molar-refractivity contribution in [3.05, 3.63) is 60.0 Å². The van der Waals surface area contributed by atoms with Crippen LogP contribution in [0, 0.1) is 11.7 Å². The first-order valence-corrected chi connectivity index (χ1v) is 14.5. The average molecular weight is 571 g/mol. The second-order valence-corrected chi connectivity index (χ2v) is 11.3. The van der Waals surface area contributed by atoms with Crippen molar-refractivity contribution in [3.8, 4) is 17.1 Å². The number of hydrogen-bond acceptors (Lipinski definition) is 8. The molecule has 11 heteroatoms. The molecule has 2 fully saturated rings. The van der Waals surface area contributed by atoms with Crippen molar-refractivity contribution in [1.82, 2.24) is 34.4 Å². The van der Waals surface area contributed by atoms with Crippen molar-refractivity contribution >= 4 is 27.9 Å². The third-order valence-electron chi connectivity index (χ3n) is 8.78. The number of halogens is 1. The molecule has 0 bridgehead atoms. The number of benzene rings is 1. The molecule has 2 aliphatic heterocycles. The van der Waals surface area contributed by atoms with Crippen molar-refractivity contribution in [1.29, 1.82) is 0 Å². The summed E-state index contributed by atoms with van der Waals surface area (Å²) in [6, 6.07) is 13.1. The summed E-state index contributed by atoms with van der Waals surface area (Å²) in [4.78, 5) is 14.9. The van der Waals surface area contributed by atoms with Crippen LogP contribution in [-0.4, -0.2) is 88.0 Å². The molecule has 7 rings (SSSR count). The SMILES string of the molecule is COc1nnn(C)c1-c1cnc2c3ccc(N4CCN(C)CC4)nc3n([C@H](c3ccccc3F)C3CCOCC3)c2c1. The maximum absolute atomic E-state index is 15.7. The quantitative estimate of drug-likeness (QED) is 0.299. The van der Waals surface area contributed by atoms with Crippen molar-refractivity contribution in [2.75, 3.05) is 58.5 Å². The zero-order chi connectivity index (χ0) is 28.8. The first kappa shape index (κ1) is 26.8. The minimum Gasteiger partial charge on any atom is -0.478 e. The molecule has 2 aliphatic rings. The summed E-state index contributed by atoms with van der Waals surface area (Å²) in [5.41, 5.74) is 4.71. The lowest BCUT2D eigenvalue weighted by atomic mass is 9.86. The van der Waals surface area contributed by atoms with Crippen LogP contribution in [0.2, 0.25) is 0 Å². The molecule has 218 valence electrons. The van der Waals surface area contributed by atoms with E-state index < -0.39 is 0 Å². The normalized spacial score (nSPS) is 17.8. The van der Waals surface area contributed by atoms with Crippen molar-refractivity contribution < 1.29 is 13.9 Å². The zero-order valence-corrected chi connectivity index (χ0v) is 24.2. The predicted octanol–water partition coefficient (Wildman–Crippen LogP) is 4.30. The van der Waals surface area contributed by atoms with E-state index >= 15 is 4.39 Å². The summed E-state index contributed by atoms with van der Waals surface area (Å²) in [5.74, 6) is 1.28. The second kappa shape index (κ2) is 11.0. The van der Waals surface area contributed by atoms with E-state index in [2.05, 4.69) is 49.9 Å². The van der Waals surface area contributed by atoms with Crippen LogP contribution in [0.4, 0.5) is 10.2 Å². The van der Waals surface area contributed by atoms with Gasteiger partial charge in [-0.15, -0.1) is 0 Å². The number of fused-ring (bicyclic) bond motifs is 3. The van der Waals surface area contributed by atoms with E-state index in [9.17, 15) is 0 Å². The van der Waals surface area contributed by atoms with E-state index in [0.717, 1.165) is 78.2 Å². The highest BCUT2D eigenvalue weighted by Gasteiger charge is 2.33. The number of rotatable bonds is 6. The van der Waals surface area contributed by atoms with Crippen molar-refractivity contribution in [2.24, 2.45) is 13.0 Å². The summed E-state index contributed by atoms with van der Waals surface area (Å²) in [5, 5.41) is 9.27. The third kappa shape index (κ3) is 4.57. The van der Waals surface area contributed by atoms with Crippen LogP contribution >= 0.6 is 0 Å². The number of ether oxygens (including phenoxy) is 2. The van der Waals surface area contributed by atoms with Gasteiger partial charge in [-0.05, 0) is 50.1 Å². The first-order chi connectivity index (χ1) is 20.5. The number of likely N-dealkylation sites (N-methyl/N-ethyl adjacent to an activating group) is 1. The van der Waals surface area contributed by atoms with E-state index in [-0.39, 0.29) is 17.8 Å². The number of piperazine rings is 1. The maximum Gasteiger partial charge on any atom is 0.261 e. The van der Waals surface area contributed by atoms with E-state index in [0.29, 0.717) is 24.7 Å². The van der Waals surface area contributed by atoms with Crippen LogP contribution < -0.4 is 9.64 Å². The maximum atomic E-state index is 15.7. The molecule has 0 N–H and O–H groups in total. The van der Waals surface area contributed by atoms with Gasteiger partial charge in [0.2, 0.25) is 0 Å². The largest absolute Gasteiger partial charge is 0.478 e. The molecule has 0 aliphatic carbocycles. The lowest BCUT2D eigenvalue weighted by Gasteiger charge is -2.34. The summed E-state index contributed by atoms with van der Waals surface area (Å²) >= 11 is 0. The molecule has 5 aromatic rings. The molecule has 0 unspecified atom stereocenters. The molecule has 1 atom stereocenters. The van der Waals surface area contributed by atoms with E-state index in [1.54, 1.807) is 23.9 Å². The van der Waals surface area contributed by atoms with E-state index in [4.69, 9.17) is 19.4 Å². The topological polar surface area (TPSA) is 86.4 Å². The molecule has 4 aromatic heterocycles. The number of nitrogens with zero attached hydrogens (tertiary/aromatic N) is 8. The highest BCUT2D eigenvalue weighted by Crippen LogP contribution is 2.42. The molecular formula is C31H35FN8O2. The summed E-state index contributed by atoms with van der Waals surface area (Å²) in [6.45, 7) is 5.06. The summed E-state index contributed by atoms with van der Waals surface area (Å²) in [6.07, 6.45) is 3.48. The number of aromatic nitrogens is 6. The Bertz CT molecular complexity index is 1740. The molecule has 0 spiro atoms. The Morgan fingerprint density at radius 1 is 1.02 bits per heavy atom. The van der Waals surface area contributed by atoms with Gasteiger partial charge in [-0.1, -0.05) is 28.5 Å². The molecule has 0 saturated carbocycles. The Hall–Kier alpha value is -4.09. The average Bonchev–Trinajstić information content (AvgIpc) is 3.55. The van der Waals surface area contributed by atoms with Gasteiger partial charge in [-0.3, -0.25) is 4.98 Å². The van der Waals surface area contributed by atoms with Crippen LogP contribution in [-0.2, 0) is 11.8 Å². The van der Waals surface area contributed by atoms with Crippen LogP contribution in [0.3, 0.4) is 0 Å². The third-order valence-corrected chi connectivity index (χ3v) is 8.78. The Labute approximate surface area is 243 Å².